The SMILES string of the molecule is CCCCCCCCCC/C=C\CCCCCCCCCCCCCCCCCCCCCCCCCCCCCCCC(=O)NC(COC1OC(CO)C(OC2OC(CO)C(OC3OC(CO)C(O)C(O)C3O)C(O)C2O)C(O)C1O)C(O)/C=C/CCCCCCCCCCCCCCC. The normalized spacial score (nSPS) is 26.4. The zero-order valence-electron chi connectivity index (χ0n) is 63.9. The van der Waals surface area contributed by atoms with Gasteiger partial charge in [0, 0.05) is 6.42 Å². The Kier molecular flexibility index (Phi) is 58.5. The zero-order chi connectivity index (χ0) is 73.2. The van der Waals surface area contributed by atoms with Gasteiger partial charge in [-0.2, -0.15) is 0 Å². The van der Waals surface area contributed by atoms with Gasteiger partial charge in [0.1, 0.15) is 73.2 Å². The molecule has 12 N–H and O–H groups in total. The fourth-order valence-corrected chi connectivity index (χ4v) is 14.5. The Morgan fingerprint density at radius 1 is 0.347 bits per heavy atom. The number of aliphatic hydroxyl groups excluding tert-OH is 11. The van der Waals surface area contributed by atoms with Crippen LogP contribution in [0.25, 0.3) is 0 Å². The maximum absolute atomic E-state index is 13.5. The third-order valence-electron chi connectivity index (χ3n) is 21.2. The second-order valence-electron chi connectivity index (χ2n) is 30.3. The van der Waals surface area contributed by atoms with E-state index in [-0.39, 0.29) is 18.9 Å². The van der Waals surface area contributed by atoms with E-state index < -0.39 is 124 Å². The van der Waals surface area contributed by atoms with Gasteiger partial charge in [0.05, 0.1) is 38.6 Å². The van der Waals surface area contributed by atoms with E-state index in [2.05, 4.69) is 31.3 Å². The number of ether oxygens (including phenoxy) is 6. The molecule has 1 amide bonds. The van der Waals surface area contributed by atoms with E-state index in [1.54, 1.807) is 6.08 Å². The van der Waals surface area contributed by atoms with Crippen molar-refractivity contribution in [3.05, 3.63) is 24.3 Å². The van der Waals surface area contributed by atoms with Crippen molar-refractivity contribution in [3.63, 3.8) is 0 Å². The average molecular weight is 1440 g/mol. The lowest BCUT2D eigenvalue weighted by molar-refractivity contribution is -0.379. The van der Waals surface area contributed by atoms with Crippen LogP contribution in [-0.2, 0) is 33.2 Å². The number of hydrogen-bond acceptors (Lipinski definition) is 18. The van der Waals surface area contributed by atoms with Gasteiger partial charge < -0.3 is 89.9 Å². The average Bonchev–Trinajstić information content (AvgIpc) is 0.782. The summed E-state index contributed by atoms with van der Waals surface area (Å²) in [6.45, 7) is 1.78. The predicted octanol–water partition coefficient (Wildman–Crippen LogP) is 14.5. The van der Waals surface area contributed by atoms with E-state index in [4.69, 9.17) is 28.4 Å². The minimum absolute atomic E-state index is 0.249. The summed E-state index contributed by atoms with van der Waals surface area (Å²) in [5.74, 6) is -0.268. The molecule has 17 unspecified atom stereocenters. The summed E-state index contributed by atoms with van der Waals surface area (Å²) >= 11 is 0. The minimum atomic E-state index is -1.98. The highest BCUT2D eigenvalue weighted by molar-refractivity contribution is 5.76. The lowest BCUT2D eigenvalue weighted by Gasteiger charge is -2.48. The number of rotatable bonds is 68. The Bertz CT molecular complexity index is 1920. The Morgan fingerprint density at radius 3 is 0.960 bits per heavy atom. The van der Waals surface area contributed by atoms with Crippen molar-refractivity contribution < 1.29 is 89.4 Å². The van der Waals surface area contributed by atoms with Crippen LogP contribution >= 0.6 is 0 Å². The summed E-state index contributed by atoms with van der Waals surface area (Å²) in [6, 6.07) is -0.970. The van der Waals surface area contributed by atoms with Crippen molar-refractivity contribution in [2.45, 2.75) is 465 Å². The molecule has 596 valence electrons. The van der Waals surface area contributed by atoms with Crippen molar-refractivity contribution in [3.8, 4) is 0 Å². The Morgan fingerprint density at radius 2 is 0.624 bits per heavy atom. The van der Waals surface area contributed by atoms with Crippen molar-refractivity contribution in [1.82, 2.24) is 5.32 Å². The highest BCUT2D eigenvalue weighted by atomic mass is 16.8. The van der Waals surface area contributed by atoms with Crippen molar-refractivity contribution in [1.29, 1.82) is 0 Å². The smallest absolute Gasteiger partial charge is 0.220 e. The molecule has 0 spiro atoms. The lowest BCUT2D eigenvalue weighted by atomic mass is 9.96. The van der Waals surface area contributed by atoms with Crippen LogP contribution in [0.5, 0.6) is 0 Å². The molecule has 3 rings (SSSR count). The van der Waals surface area contributed by atoms with Crippen molar-refractivity contribution in [2.24, 2.45) is 0 Å². The van der Waals surface area contributed by atoms with E-state index >= 15 is 0 Å². The molecule has 19 heteroatoms. The molecular weight excluding hydrogens is 1290 g/mol. The molecule has 3 aliphatic heterocycles. The number of unbranched alkanes of at least 4 members (excludes halogenated alkanes) is 50. The molecule has 0 bridgehead atoms. The molecular formula is C82H155NO18. The number of carbonyl (C=O) groups excluding carboxylic acids is 1. The van der Waals surface area contributed by atoms with Gasteiger partial charge in [0.15, 0.2) is 18.9 Å². The first-order chi connectivity index (χ1) is 49.3. The number of nitrogens with one attached hydrogen (secondary N) is 1. The van der Waals surface area contributed by atoms with Crippen LogP contribution in [0, 0.1) is 0 Å². The minimum Gasteiger partial charge on any atom is -0.394 e. The molecule has 0 aliphatic carbocycles. The Balaban J connectivity index is 1.26. The van der Waals surface area contributed by atoms with E-state index in [0.29, 0.717) is 6.42 Å². The molecule has 0 aromatic rings. The maximum atomic E-state index is 13.5. The number of carbonyl (C=O) groups is 1. The summed E-state index contributed by atoms with van der Waals surface area (Å²) in [4.78, 5) is 13.5. The van der Waals surface area contributed by atoms with Gasteiger partial charge in [-0.3, -0.25) is 4.79 Å². The quantitative estimate of drug-likeness (QED) is 0.0199. The predicted molar refractivity (Wildman–Crippen MR) is 402 cm³/mol. The highest BCUT2D eigenvalue weighted by Gasteiger charge is 2.54. The molecule has 0 saturated carbocycles. The van der Waals surface area contributed by atoms with Crippen molar-refractivity contribution >= 4 is 5.91 Å². The summed E-state index contributed by atoms with van der Waals surface area (Å²) < 4.78 is 34.4. The Labute approximate surface area is 613 Å². The maximum Gasteiger partial charge on any atom is 0.220 e. The molecule has 19 nitrogen and oxygen atoms in total. The largest absolute Gasteiger partial charge is 0.394 e. The molecule has 3 fully saturated rings. The third-order valence-corrected chi connectivity index (χ3v) is 21.2. The zero-order valence-corrected chi connectivity index (χ0v) is 63.9. The second kappa shape index (κ2) is 63.2. The van der Waals surface area contributed by atoms with Gasteiger partial charge in [-0.15, -0.1) is 0 Å². The van der Waals surface area contributed by atoms with Crippen LogP contribution in [0.2, 0.25) is 0 Å². The first-order valence-electron chi connectivity index (χ1n) is 42.1. The van der Waals surface area contributed by atoms with Gasteiger partial charge in [-0.05, 0) is 44.9 Å². The molecule has 0 radical (unpaired) electrons. The molecule has 17 atom stereocenters. The van der Waals surface area contributed by atoms with E-state index in [0.717, 1.165) is 44.9 Å². The molecule has 0 aromatic heterocycles. The number of allylic oxidation sites excluding steroid dienone is 3. The molecule has 3 saturated heterocycles. The van der Waals surface area contributed by atoms with Crippen LogP contribution in [0.3, 0.4) is 0 Å². The number of aliphatic hydroxyl groups is 11. The Hall–Kier alpha value is -1.73. The molecule has 101 heavy (non-hydrogen) atoms. The van der Waals surface area contributed by atoms with E-state index in [1.165, 1.54) is 289 Å². The molecule has 0 aromatic carbocycles. The van der Waals surface area contributed by atoms with Gasteiger partial charge in [-0.1, -0.05) is 334 Å². The first kappa shape index (κ1) is 93.5. The van der Waals surface area contributed by atoms with Crippen LogP contribution in [0.4, 0.5) is 0 Å². The monoisotopic (exact) mass is 1440 g/mol. The van der Waals surface area contributed by atoms with Crippen molar-refractivity contribution in [2.75, 3.05) is 26.4 Å². The second-order valence-corrected chi connectivity index (χ2v) is 30.3. The number of hydrogen-bond donors (Lipinski definition) is 12. The first-order valence-corrected chi connectivity index (χ1v) is 42.1. The standard InChI is InChI=1S/C82H155NO18/c1-3-5-7-9-11-13-15-17-19-20-21-22-23-24-25-26-27-28-29-30-31-32-33-34-35-36-37-38-39-40-41-42-43-44-46-48-50-52-54-56-58-60-70(88)83-65(66(87)59-57-55-53-51-49-47-45-18-16-14-12-10-8-6-4-2)64-96-80-76(94)73(91)78(68(62-85)98-80)101-82-77(95)74(92)79(69(63-86)99-82)100-81-75(93)72(90)71(89)67(61-84)97-81/h20-21,57,59,65-69,71-82,84-87,89-95H,3-19,22-56,58,60-64H2,1-2H3,(H,83,88)/b21-20-,59-57+. The fourth-order valence-electron chi connectivity index (χ4n) is 14.5. The summed E-state index contributed by atoms with van der Waals surface area (Å²) in [6.07, 6.45) is 50.7. The number of amides is 1. The van der Waals surface area contributed by atoms with E-state index in [1.807, 2.05) is 6.08 Å². The van der Waals surface area contributed by atoms with Gasteiger partial charge in [0.25, 0.3) is 0 Å². The van der Waals surface area contributed by atoms with Crippen LogP contribution in [-0.4, -0.2) is 193 Å². The molecule has 3 aliphatic rings. The van der Waals surface area contributed by atoms with Gasteiger partial charge >= 0.3 is 0 Å². The molecule has 3 heterocycles. The highest BCUT2D eigenvalue weighted by Crippen LogP contribution is 2.33. The third kappa shape index (κ3) is 43.2. The van der Waals surface area contributed by atoms with Crippen LogP contribution in [0.1, 0.15) is 361 Å². The van der Waals surface area contributed by atoms with Gasteiger partial charge in [0.2, 0.25) is 5.91 Å². The summed E-state index contributed by atoms with van der Waals surface area (Å²) in [7, 11) is 0. The fraction of sp³-hybridized carbons (Fsp3) is 0.939. The van der Waals surface area contributed by atoms with Gasteiger partial charge in [-0.25, -0.2) is 0 Å². The summed E-state index contributed by atoms with van der Waals surface area (Å²) in [5, 5.41) is 121. The van der Waals surface area contributed by atoms with Crippen LogP contribution in [0.15, 0.2) is 24.3 Å². The topological polar surface area (TPSA) is 307 Å². The summed E-state index contributed by atoms with van der Waals surface area (Å²) in [5.41, 5.74) is 0. The van der Waals surface area contributed by atoms with E-state index in [9.17, 15) is 61.0 Å². The van der Waals surface area contributed by atoms with Crippen LogP contribution < -0.4 is 5.32 Å². The lowest BCUT2D eigenvalue weighted by Crippen LogP contribution is -2.66.